The number of ether oxygens (including phenoxy) is 1. The molecule has 1 aromatic carbocycles. The van der Waals surface area contributed by atoms with E-state index in [0.717, 1.165) is 18.6 Å². The molecule has 0 aliphatic rings. The minimum atomic E-state index is -0.203. The van der Waals surface area contributed by atoms with Crippen molar-refractivity contribution in [3.05, 3.63) is 42.0 Å². The molecule has 1 aromatic heterocycles. The largest absolute Gasteiger partial charge is 0.493 e. The lowest BCUT2D eigenvalue weighted by Crippen LogP contribution is -2.34. The Kier molecular flexibility index (Phi) is 5.33. The number of rotatable bonds is 8. The van der Waals surface area contributed by atoms with Crippen LogP contribution in [0.4, 0.5) is 0 Å². The molecule has 5 heteroatoms. The predicted molar refractivity (Wildman–Crippen MR) is 81.3 cm³/mol. The second-order valence-corrected chi connectivity index (χ2v) is 5.12. The number of nitrogens with zero attached hydrogens (tertiary/aromatic N) is 2. The van der Waals surface area contributed by atoms with E-state index in [1.165, 1.54) is 0 Å². The third-order valence-corrected chi connectivity index (χ3v) is 4.00. The zero-order valence-corrected chi connectivity index (χ0v) is 12.7. The molecular formula is C16H23N3O2. The summed E-state index contributed by atoms with van der Waals surface area (Å²) in [6, 6.07) is 9.70. The molecule has 1 heterocycles. The number of benzene rings is 1. The van der Waals surface area contributed by atoms with Crippen molar-refractivity contribution < 1.29 is 9.26 Å². The molecule has 0 spiro atoms. The van der Waals surface area contributed by atoms with Crippen LogP contribution in [0.2, 0.25) is 0 Å². The maximum absolute atomic E-state index is 5.89. The molecule has 0 atom stereocenters. The number of hydrogen-bond donors (Lipinski definition) is 1. The molecular weight excluding hydrogens is 266 g/mol. The molecule has 21 heavy (non-hydrogen) atoms. The third-order valence-electron chi connectivity index (χ3n) is 4.00. The molecule has 114 valence electrons. The molecule has 0 radical (unpaired) electrons. The van der Waals surface area contributed by atoms with Crippen LogP contribution in [0.5, 0.6) is 5.75 Å². The molecule has 0 bridgehead atoms. The molecule has 2 aromatic rings. The topological polar surface area (TPSA) is 74.2 Å². The van der Waals surface area contributed by atoms with Crippen molar-refractivity contribution in [3.8, 4) is 5.75 Å². The highest BCUT2D eigenvalue weighted by Crippen LogP contribution is 2.29. The van der Waals surface area contributed by atoms with Crippen molar-refractivity contribution in [3.63, 3.8) is 0 Å². The molecule has 2 N–H and O–H groups in total. The highest BCUT2D eigenvalue weighted by molar-refractivity contribution is 5.20. The Bertz CT molecular complexity index is 527. The first kappa shape index (κ1) is 15.5. The van der Waals surface area contributed by atoms with Crippen LogP contribution < -0.4 is 10.5 Å². The van der Waals surface area contributed by atoms with Gasteiger partial charge in [-0.05, 0) is 25.0 Å². The van der Waals surface area contributed by atoms with Gasteiger partial charge in [-0.15, -0.1) is 0 Å². The first-order valence-corrected chi connectivity index (χ1v) is 7.45. The Labute approximate surface area is 125 Å². The van der Waals surface area contributed by atoms with E-state index in [1.54, 1.807) is 0 Å². The summed E-state index contributed by atoms with van der Waals surface area (Å²) in [5.41, 5.74) is 5.69. The van der Waals surface area contributed by atoms with Crippen molar-refractivity contribution in [2.24, 2.45) is 5.73 Å². The zero-order chi connectivity index (χ0) is 15.1. The molecule has 0 aliphatic carbocycles. The summed E-state index contributed by atoms with van der Waals surface area (Å²) >= 11 is 0. The first-order chi connectivity index (χ1) is 10.2. The molecule has 2 rings (SSSR count). The third kappa shape index (κ3) is 3.61. The molecule has 0 saturated carbocycles. The SMILES string of the molecule is CCC(CC)(CN)c1nc(CCOc2ccccc2)no1. The van der Waals surface area contributed by atoms with E-state index in [-0.39, 0.29) is 5.41 Å². The summed E-state index contributed by atoms with van der Waals surface area (Å²) in [6.07, 6.45) is 2.40. The van der Waals surface area contributed by atoms with E-state index < -0.39 is 0 Å². The van der Waals surface area contributed by atoms with Crippen LogP contribution >= 0.6 is 0 Å². The molecule has 0 saturated heterocycles. The fourth-order valence-corrected chi connectivity index (χ4v) is 2.28. The van der Waals surface area contributed by atoms with Gasteiger partial charge in [-0.3, -0.25) is 0 Å². The van der Waals surface area contributed by atoms with Crippen molar-refractivity contribution in [1.82, 2.24) is 10.1 Å². The van der Waals surface area contributed by atoms with Gasteiger partial charge in [-0.1, -0.05) is 37.2 Å². The van der Waals surface area contributed by atoms with Gasteiger partial charge in [-0.25, -0.2) is 0 Å². The van der Waals surface area contributed by atoms with Gasteiger partial charge in [0.15, 0.2) is 5.82 Å². The van der Waals surface area contributed by atoms with Gasteiger partial charge in [0.1, 0.15) is 5.75 Å². The molecule has 0 aliphatic heterocycles. The number of hydrogen-bond acceptors (Lipinski definition) is 5. The van der Waals surface area contributed by atoms with Crippen LogP contribution in [0.1, 0.15) is 38.4 Å². The Balaban J connectivity index is 1.94. The van der Waals surface area contributed by atoms with Gasteiger partial charge < -0.3 is 15.0 Å². The van der Waals surface area contributed by atoms with Gasteiger partial charge in [0.25, 0.3) is 0 Å². The van der Waals surface area contributed by atoms with E-state index in [4.69, 9.17) is 15.0 Å². The Morgan fingerprint density at radius 2 is 1.90 bits per heavy atom. The smallest absolute Gasteiger partial charge is 0.234 e. The van der Waals surface area contributed by atoms with Crippen molar-refractivity contribution in [1.29, 1.82) is 0 Å². The zero-order valence-electron chi connectivity index (χ0n) is 12.7. The van der Waals surface area contributed by atoms with E-state index in [1.807, 2.05) is 30.3 Å². The van der Waals surface area contributed by atoms with Crippen LogP contribution in [-0.4, -0.2) is 23.3 Å². The van der Waals surface area contributed by atoms with Crippen LogP contribution in [0.15, 0.2) is 34.9 Å². The quantitative estimate of drug-likeness (QED) is 0.808. The number of aromatic nitrogens is 2. The molecule has 0 fully saturated rings. The summed E-state index contributed by atoms with van der Waals surface area (Å²) in [5, 5.41) is 4.04. The van der Waals surface area contributed by atoms with Gasteiger partial charge in [0, 0.05) is 13.0 Å². The monoisotopic (exact) mass is 289 g/mol. The van der Waals surface area contributed by atoms with Gasteiger partial charge in [0.05, 0.1) is 12.0 Å². The van der Waals surface area contributed by atoms with Crippen molar-refractivity contribution in [2.75, 3.05) is 13.2 Å². The molecule has 0 amide bonds. The summed E-state index contributed by atoms with van der Waals surface area (Å²) in [6.45, 7) is 5.23. The first-order valence-electron chi connectivity index (χ1n) is 7.45. The minimum absolute atomic E-state index is 0.203. The van der Waals surface area contributed by atoms with Crippen LogP contribution in [0, 0.1) is 0 Å². The van der Waals surface area contributed by atoms with Gasteiger partial charge in [0.2, 0.25) is 5.89 Å². The fraction of sp³-hybridized carbons (Fsp3) is 0.500. The van der Waals surface area contributed by atoms with Crippen molar-refractivity contribution >= 4 is 0 Å². The van der Waals surface area contributed by atoms with E-state index in [9.17, 15) is 0 Å². The van der Waals surface area contributed by atoms with Gasteiger partial charge in [-0.2, -0.15) is 4.98 Å². The maximum Gasteiger partial charge on any atom is 0.234 e. The summed E-state index contributed by atoms with van der Waals surface area (Å²) in [7, 11) is 0. The maximum atomic E-state index is 5.89. The lowest BCUT2D eigenvalue weighted by atomic mass is 9.82. The summed E-state index contributed by atoms with van der Waals surface area (Å²) < 4.78 is 11.0. The highest BCUT2D eigenvalue weighted by atomic mass is 16.5. The van der Waals surface area contributed by atoms with E-state index in [2.05, 4.69) is 24.0 Å². The van der Waals surface area contributed by atoms with Crippen molar-refractivity contribution in [2.45, 2.75) is 38.5 Å². The van der Waals surface area contributed by atoms with E-state index >= 15 is 0 Å². The Morgan fingerprint density at radius 3 is 2.52 bits per heavy atom. The van der Waals surface area contributed by atoms with Gasteiger partial charge >= 0.3 is 0 Å². The predicted octanol–water partition coefficient (Wildman–Crippen LogP) is 2.71. The highest BCUT2D eigenvalue weighted by Gasteiger charge is 2.33. The van der Waals surface area contributed by atoms with Crippen LogP contribution in [-0.2, 0) is 11.8 Å². The Hall–Kier alpha value is -1.88. The fourth-order valence-electron chi connectivity index (χ4n) is 2.28. The lowest BCUT2D eigenvalue weighted by Gasteiger charge is -2.24. The lowest BCUT2D eigenvalue weighted by molar-refractivity contribution is 0.265. The average Bonchev–Trinajstić information content (AvgIpc) is 3.00. The second kappa shape index (κ2) is 7.22. The average molecular weight is 289 g/mol. The Morgan fingerprint density at radius 1 is 1.19 bits per heavy atom. The standard InChI is InChI=1S/C16H23N3O2/c1-3-16(4-2,12-17)15-18-14(19-21-15)10-11-20-13-8-6-5-7-9-13/h5-9H,3-4,10-12,17H2,1-2H3. The van der Waals surface area contributed by atoms with Crippen LogP contribution in [0.25, 0.3) is 0 Å². The molecule has 0 unspecified atom stereocenters. The summed E-state index contributed by atoms with van der Waals surface area (Å²) in [5.74, 6) is 2.16. The van der Waals surface area contributed by atoms with E-state index in [0.29, 0.717) is 31.3 Å². The minimum Gasteiger partial charge on any atom is -0.493 e. The normalized spacial score (nSPS) is 11.6. The second-order valence-electron chi connectivity index (χ2n) is 5.12. The summed E-state index contributed by atoms with van der Waals surface area (Å²) in [4.78, 5) is 4.49. The number of nitrogens with two attached hydrogens (primary N) is 1. The van der Waals surface area contributed by atoms with Crippen LogP contribution in [0.3, 0.4) is 0 Å². The molecule has 5 nitrogen and oxygen atoms in total. The number of para-hydroxylation sites is 1.